The van der Waals surface area contributed by atoms with Crippen LogP contribution in [0.15, 0.2) is 47.1 Å². The van der Waals surface area contributed by atoms with Gasteiger partial charge < -0.3 is 5.73 Å². The van der Waals surface area contributed by atoms with Crippen molar-refractivity contribution in [3.63, 3.8) is 0 Å². The second kappa shape index (κ2) is 5.93. The third-order valence-electron chi connectivity index (χ3n) is 2.89. The molecule has 2 rings (SSSR count). The quantitative estimate of drug-likeness (QED) is 0.910. The molecule has 1 atom stereocenters. The van der Waals surface area contributed by atoms with Crippen LogP contribution in [0.1, 0.15) is 22.9 Å². The van der Waals surface area contributed by atoms with Crippen LogP contribution in [0.3, 0.4) is 0 Å². The van der Waals surface area contributed by atoms with E-state index in [9.17, 15) is 13.2 Å². The van der Waals surface area contributed by atoms with Crippen LogP contribution in [-0.4, -0.2) is 4.98 Å². The minimum atomic E-state index is -4.38. The fourth-order valence-electron chi connectivity index (χ4n) is 1.80. The van der Waals surface area contributed by atoms with E-state index >= 15 is 0 Å². The molecule has 1 heterocycles. The van der Waals surface area contributed by atoms with E-state index < -0.39 is 17.8 Å². The topological polar surface area (TPSA) is 38.9 Å². The van der Waals surface area contributed by atoms with Gasteiger partial charge in [0.15, 0.2) is 0 Å². The molecule has 0 fully saturated rings. The fraction of sp³-hybridized carbons (Fsp3) is 0.214. The second-order valence-corrected chi connectivity index (χ2v) is 5.23. The van der Waals surface area contributed by atoms with Gasteiger partial charge in [0, 0.05) is 10.7 Å². The first-order chi connectivity index (χ1) is 9.38. The number of hydrogen-bond acceptors (Lipinski definition) is 2. The lowest BCUT2D eigenvalue weighted by Gasteiger charge is -2.13. The Morgan fingerprint density at radius 1 is 1.15 bits per heavy atom. The molecule has 0 saturated heterocycles. The van der Waals surface area contributed by atoms with Gasteiger partial charge in [0.2, 0.25) is 0 Å². The zero-order valence-electron chi connectivity index (χ0n) is 10.4. The highest BCUT2D eigenvalue weighted by Gasteiger charge is 2.30. The number of aromatic nitrogens is 1. The number of halogens is 4. The molecular formula is C14H12BrF3N2. The summed E-state index contributed by atoms with van der Waals surface area (Å²) in [5.74, 6) is 0. The number of rotatable bonds is 3. The SMILES string of the molecule is NC(Cc1ccccc1Br)c1ccc(C(F)(F)F)cn1. The van der Waals surface area contributed by atoms with Crippen molar-refractivity contribution in [1.82, 2.24) is 4.98 Å². The highest BCUT2D eigenvalue weighted by atomic mass is 79.9. The summed E-state index contributed by atoms with van der Waals surface area (Å²) in [6.45, 7) is 0. The Labute approximate surface area is 123 Å². The third-order valence-corrected chi connectivity index (χ3v) is 3.66. The van der Waals surface area contributed by atoms with Crippen LogP contribution in [0.4, 0.5) is 13.2 Å². The lowest BCUT2D eigenvalue weighted by molar-refractivity contribution is -0.137. The molecule has 0 aliphatic heterocycles. The van der Waals surface area contributed by atoms with Gasteiger partial charge in [-0.2, -0.15) is 13.2 Å². The van der Waals surface area contributed by atoms with Crippen molar-refractivity contribution in [2.24, 2.45) is 5.73 Å². The maximum atomic E-state index is 12.4. The monoisotopic (exact) mass is 344 g/mol. The minimum Gasteiger partial charge on any atom is -0.322 e. The molecule has 106 valence electrons. The van der Waals surface area contributed by atoms with Gasteiger partial charge in [0.05, 0.1) is 17.3 Å². The van der Waals surface area contributed by atoms with Gasteiger partial charge in [-0.1, -0.05) is 34.1 Å². The summed E-state index contributed by atoms with van der Waals surface area (Å²) in [7, 11) is 0. The first-order valence-electron chi connectivity index (χ1n) is 5.90. The lowest BCUT2D eigenvalue weighted by atomic mass is 10.0. The van der Waals surface area contributed by atoms with Crippen LogP contribution in [-0.2, 0) is 12.6 Å². The second-order valence-electron chi connectivity index (χ2n) is 4.37. The molecule has 0 bridgehead atoms. The largest absolute Gasteiger partial charge is 0.417 e. The van der Waals surface area contributed by atoms with Gasteiger partial charge >= 0.3 is 6.18 Å². The van der Waals surface area contributed by atoms with E-state index in [0.29, 0.717) is 12.1 Å². The van der Waals surface area contributed by atoms with Gasteiger partial charge in [-0.3, -0.25) is 4.98 Å². The van der Waals surface area contributed by atoms with Crippen LogP contribution in [0.2, 0.25) is 0 Å². The van der Waals surface area contributed by atoms with Crippen molar-refractivity contribution in [2.75, 3.05) is 0 Å². The van der Waals surface area contributed by atoms with E-state index in [1.54, 1.807) is 0 Å². The maximum absolute atomic E-state index is 12.4. The molecule has 0 aliphatic carbocycles. The first-order valence-corrected chi connectivity index (χ1v) is 6.69. The molecule has 2 aromatic rings. The fourth-order valence-corrected chi connectivity index (χ4v) is 2.24. The Hall–Kier alpha value is -1.40. The van der Waals surface area contributed by atoms with Crippen molar-refractivity contribution >= 4 is 15.9 Å². The summed E-state index contributed by atoms with van der Waals surface area (Å²) in [6.07, 6.45) is -3.06. The molecule has 2 nitrogen and oxygen atoms in total. The van der Waals surface area contributed by atoms with Crippen LogP contribution >= 0.6 is 15.9 Å². The molecule has 2 N–H and O–H groups in total. The molecule has 0 saturated carbocycles. The molecule has 6 heteroatoms. The van der Waals surface area contributed by atoms with E-state index in [1.165, 1.54) is 6.07 Å². The molecule has 0 spiro atoms. The number of benzene rings is 1. The molecule has 1 aromatic heterocycles. The highest BCUT2D eigenvalue weighted by molar-refractivity contribution is 9.10. The maximum Gasteiger partial charge on any atom is 0.417 e. The van der Waals surface area contributed by atoms with E-state index in [-0.39, 0.29) is 0 Å². The highest BCUT2D eigenvalue weighted by Crippen LogP contribution is 2.29. The first kappa shape index (κ1) is 15.0. The van der Waals surface area contributed by atoms with E-state index in [4.69, 9.17) is 5.73 Å². The van der Waals surface area contributed by atoms with E-state index in [2.05, 4.69) is 20.9 Å². The van der Waals surface area contributed by atoms with Crippen LogP contribution in [0.25, 0.3) is 0 Å². The van der Waals surface area contributed by atoms with Crippen molar-refractivity contribution in [3.8, 4) is 0 Å². The van der Waals surface area contributed by atoms with E-state index in [0.717, 1.165) is 22.3 Å². The van der Waals surface area contributed by atoms with Gasteiger partial charge in [0.1, 0.15) is 0 Å². The summed E-state index contributed by atoms with van der Waals surface area (Å²) in [6, 6.07) is 9.45. The number of hydrogen-bond donors (Lipinski definition) is 1. The number of alkyl halides is 3. The Balaban J connectivity index is 2.14. The molecule has 0 aliphatic rings. The van der Waals surface area contributed by atoms with E-state index in [1.807, 2.05) is 24.3 Å². The lowest BCUT2D eigenvalue weighted by Crippen LogP contribution is -2.16. The summed E-state index contributed by atoms with van der Waals surface area (Å²) in [4.78, 5) is 3.81. The Bertz CT molecular complexity index is 582. The summed E-state index contributed by atoms with van der Waals surface area (Å²) in [5, 5.41) is 0. The average Bonchev–Trinajstić information content (AvgIpc) is 2.40. The van der Waals surface area contributed by atoms with Crippen LogP contribution in [0, 0.1) is 0 Å². The smallest absolute Gasteiger partial charge is 0.322 e. The molecule has 0 amide bonds. The summed E-state index contributed by atoms with van der Waals surface area (Å²) >= 11 is 3.41. The van der Waals surface area contributed by atoms with Crippen molar-refractivity contribution < 1.29 is 13.2 Å². The van der Waals surface area contributed by atoms with Crippen LogP contribution in [0.5, 0.6) is 0 Å². The Kier molecular flexibility index (Phi) is 4.45. The van der Waals surface area contributed by atoms with Crippen LogP contribution < -0.4 is 5.73 Å². The Morgan fingerprint density at radius 2 is 1.85 bits per heavy atom. The number of nitrogens with zero attached hydrogens (tertiary/aromatic N) is 1. The molecular weight excluding hydrogens is 333 g/mol. The van der Waals surface area contributed by atoms with Gasteiger partial charge in [-0.05, 0) is 30.2 Å². The molecule has 1 aromatic carbocycles. The number of nitrogens with two attached hydrogens (primary N) is 1. The Morgan fingerprint density at radius 3 is 2.40 bits per heavy atom. The predicted octanol–water partition coefficient (Wildman–Crippen LogP) is 4.11. The predicted molar refractivity (Wildman–Crippen MR) is 74.0 cm³/mol. The normalized spacial score (nSPS) is 13.2. The molecule has 20 heavy (non-hydrogen) atoms. The van der Waals surface area contributed by atoms with Gasteiger partial charge in [-0.25, -0.2) is 0 Å². The van der Waals surface area contributed by atoms with Gasteiger partial charge in [0.25, 0.3) is 0 Å². The number of pyridine rings is 1. The molecule has 1 unspecified atom stereocenters. The van der Waals surface area contributed by atoms with Gasteiger partial charge in [-0.15, -0.1) is 0 Å². The summed E-state index contributed by atoms with van der Waals surface area (Å²) < 4.78 is 38.2. The summed E-state index contributed by atoms with van der Waals surface area (Å²) in [5.41, 5.74) is 6.65. The van der Waals surface area contributed by atoms with Crippen molar-refractivity contribution in [2.45, 2.75) is 18.6 Å². The zero-order chi connectivity index (χ0) is 14.8. The third kappa shape index (κ3) is 3.58. The standard InChI is InChI=1S/C14H12BrF3N2/c15-11-4-2-1-3-9(11)7-12(19)13-6-5-10(8-20-13)14(16,17)18/h1-6,8,12H,7,19H2. The molecule has 0 radical (unpaired) electrons. The van der Waals surface area contributed by atoms with Crippen molar-refractivity contribution in [3.05, 3.63) is 63.9 Å². The zero-order valence-corrected chi connectivity index (χ0v) is 11.9. The average molecular weight is 345 g/mol. The van der Waals surface area contributed by atoms with Crippen molar-refractivity contribution in [1.29, 1.82) is 0 Å². The minimum absolute atomic E-state index is 0.439.